The number of hydrogen-bond donors (Lipinski definition) is 0. The maximum absolute atomic E-state index is 12.5. The smallest absolute Gasteiger partial charge is 0.392 e. The summed E-state index contributed by atoms with van der Waals surface area (Å²) in [6.45, 7) is 1.82. The molecule has 0 aliphatic carbocycles. The van der Waals surface area contributed by atoms with Crippen molar-refractivity contribution in [2.24, 2.45) is 5.16 Å². The lowest BCUT2D eigenvalue weighted by molar-refractivity contribution is -0.137. The Morgan fingerprint density at radius 3 is 2.69 bits per heavy atom. The minimum absolute atomic E-state index is 0.0652. The molecule has 1 aliphatic rings. The molecule has 2 nitrogen and oxygen atoms in total. The predicted molar refractivity (Wildman–Crippen MR) is 53.1 cm³/mol. The Hall–Kier alpha value is -1.52. The van der Waals surface area contributed by atoms with Crippen LogP contribution in [-0.2, 0) is 11.0 Å². The third-order valence-electron chi connectivity index (χ3n) is 2.35. The Morgan fingerprint density at radius 2 is 2.12 bits per heavy atom. The number of rotatable bonds is 1. The van der Waals surface area contributed by atoms with E-state index in [9.17, 15) is 13.2 Å². The van der Waals surface area contributed by atoms with Gasteiger partial charge in [-0.15, -0.1) is 0 Å². The maximum atomic E-state index is 12.5. The maximum Gasteiger partial charge on any atom is 0.416 e. The van der Waals surface area contributed by atoms with Crippen LogP contribution in [0.1, 0.15) is 24.5 Å². The molecule has 1 atom stereocenters. The molecule has 1 aliphatic heterocycles. The molecule has 0 amide bonds. The van der Waals surface area contributed by atoms with Crippen molar-refractivity contribution < 1.29 is 18.0 Å². The van der Waals surface area contributed by atoms with Crippen molar-refractivity contribution in [3.8, 4) is 0 Å². The molecule has 16 heavy (non-hydrogen) atoms. The van der Waals surface area contributed by atoms with Crippen molar-refractivity contribution in [1.82, 2.24) is 0 Å². The van der Waals surface area contributed by atoms with Crippen molar-refractivity contribution in [2.45, 2.75) is 25.6 Å². The fourth-order valence-electron chi connectivity index (χ4n) is 1.55. The van der Waals surface area contributed by atoms with Crippen LogP contribution in [0.4, 0.5) is 13.2 Å². The molecule has 0 fully saturated rings. The van der Waals surface area contributed by atoms with Gasteiger partial charge in [-0.05, 0) is 19.1 Å². The summed E-state index contributed by atoms with van der Waals surface area (Å²) < 4.78 is 37.4. The first-order valence-corrected chi connectivity index (χ1v) is 4.87. The number of hydrogen-bond acceptors (Lipinski definition) is 2. The highest BCUT2D eigenvalue weighted by atomic mass is 19.4. The molecule has 0 spiro atoms. The monoisotopic (exact) mass is 229 g/mol. The van der Waals surface area contributed by atoms with Crippen LogP contribution in [0.15, 0.2) is 29.4 Å². The van der Waals surface area contributed by atoms with Crippen molar-refractivity contribution in [1.29, 1.82) is 0 Å². The summed E-state index contributed by atoms with van der Waals surface area (Å²) in [6, 6.07) is 5.13. The number of benzene rings is 1. The Kier molecular flexibility index (Phi) is 2.61. The van der Waals surface area contributed by atoms with Crippen molar-refractivity contribution in [2.75, 3.05) is 0 Å². The average Bonchev–Trinajstić information content (AvgIpc) is 2.64. The van der Waals surface area contributed by atoms with E-state index in [0.29, 0.717) is 17.7 Å². The lowest BCUT2D eigenvalue weighted by Gasteiger charge is -2.07. The fraction of sp³-hybridized carbons (Fsp3) is 0.364. The second-order valence-corrected chi connectivity index (χ2v) is 3.74. The number of oxime groups is 1. The van der Waals surface area contributed by atoms with Crippen molar-refractivity contribution in [3.05, 3.63) is 35.4 Å². The van der Waals surface area contributed by atoms with Crippen LogP contribution in [-0.4, -0.2) is 11.8 Å². The lowest BCUT2D eigenvalue weighted by Crippen LogP contribution is -2.08. The van der Waals surface area contributed by atoms with Gasteiger partial charge in [0, 0.05) is 12.0 Å². The molecule has 1 aromatic rings. The topological polar surface area (TPSA) is 21.6 Å². The van der Waals surface area contributed by atoms with Crippen molar-refractivity contribution >= 4 is 5.71 Å². The molecule has 2 rings (SSSR count). The molecule has 0 aromatic heterocycles. The second-order valence-electron chi connectivity index (χ2n) is 3.74. The zero-order chi connectivity index (χ0) is 11.8. The Morgan fingerprint density at radius 1 is 1.38 bits per heavy atom. The summed E-state index contributed by atoms with van der Waals surface area (Å²) in [5.74, 6) is 0. The quantitative estimate of drug-likeness (QED) is 0.724. The van der Waals surface area contributed by atoms with Gasteiger partial charge < -0.3 is 4.84 Å². The number of halogens is 3. The van der Waals surface area contributed by atoms with E-state index in [-0.39, 0.29) is 6.10 Å². The molecule has 1 aromatic carbocycles. The molecule has 0 radical (unpaired) electrons. The predicted octanol–water partition coefficient (Wildman–Crippen LogP) is 3.22. The van der Waals surface area contributed by atoms with Gasteiger partial charge in [0.2, 0.25) is 0 Å². The highest BCUT2D eigenvalue weighted by molar-refractivity contribution is 6.01. The highest BCUT2D eigenvalue weighted by Gasteiger charge is 2.31. The van der Waals surface area contributed by atoms with E-state index in [4.69, 9.17) is 4.84 Å². The largest absolute Gasteiger partial charge is 0.416 e. The SMILES string of the molecule is CC1CC(c2cccc(C(F)(F)F)c2)=NO1. The summed E-state index contributed by atoms with van der Waals surface area (Å²) in [7, 11) is 0. The second kappa shape index (κ2) is 3.81. The van der Waals surface area contributed by atoms with Crippen LogP contribution >= 0.6 is 0 Å². The zero-order valence-corrected chi connectivity index (χ0v) is 8.58. The summed E-state index contributed by atoms with van der Waals surface area (Å²) in [6.07, 6.45) is -3.84. The van der Waals surface area contributed by atoms with Crippen LogP contribution in [0, 0.1) is 0 Å². The van der Waals surface area contributed by atoms with Gasteiger partial charge in [-0.25, -0.2) is 0 Å². The minimum Gasteiger partial charge on any atom is -0.392 e. The van der Waals surface area contributed by atoms with Crippen LogP contribution in [0.2, 0.25) is 0 Å². The van der Waals surface area contributed by atoms with E-state index in [2.05, 4.69) is 5.16 Å². The zero-order valence-electron chi connectivity index (χ0n) is 8.58. The summed E-state index contributed by atoms with van der Waals surface area (Å²) >= 11 is 0. The Bertz CT molecular complexity index is 425. The van der Waals surface area contributed by atoms with E-state index in [0.717, 1.165) is 12.1 Å². The Balaban J connectivity index is 2.30. The van der Waals surface area contributed by atoms with E-state index >= 15 is 0 Å². The summed E-state index contributed by atoms with van der Waals surface area (Å²) in [5.41, 5.74) is 0.380. The van der Waals surface area contributed by atoms with E-state index < -0.39 is 11.7 Å². The van der Waals surface area contributed by atoms with Gasteiger partial charge in [0.15, 0.2) is 0 Å². The third-order valence-corrected chi connectivity index (χ3v) is 2.35. The fourth-order valence-corrected chi connectivity index (χ4v) is 1.55. The molecule has 0 saturated carbocycles. The van der Waals surface area contributed by atoms with Crippen LogP contribution < -0.4 is 0 Å². The van der Waals surface area contributed by atoms with Gasteiger partial charge >= 0.3 is 6.18 Å². The van der Waals surface area contributed by atoms with Crippen LogP contribution in [0.3, 0.4) is 0 Å². The number of nitrogens with zero attached hydrogens (tertiary/aromatic N) is 1. The molecule has 0 bridgehead atoms. The van der Waals surface area contributed by atoms with E-state index in [1.54, 1.807) is 6.07 Å². The molecule has 5 heteroatoms. The lowest BCUT2D eigenvalue weighted by atomic mass is 10.0. The Labute approximate surface area is 90.7 Å². The first-order chi connectivity index (χ1) is 7.47. The van der Waals surface area contributed by atoms with Crippen LogP contribution in [0.25, 0.3) is 0 Å². The van der Waals surface area contributed by atoms with Gasteiger partial charge in [-0.1, -0.05) is 17.3 Å². The summed E-state index contributed by atoms with van der Waals surface area (Å²) in [4.78, 5) is 4.95. The van der Waals surface area contributed by atoms with Gasteiger partial charge in [0.1, 0.15) is 6.10 Å². The summed E-state index contributed by atoms with van der Waals surface area (Å²) in [5, 5.41) is 3.76. The normalized spacial score (nSPS) is 20.5. The first-order valence-electron chi connectivity index (χ1n) is 4.87. The van der Waals surface area contributed by atoms with E-state index in [1.807, 2.05) is 6.92 Å². The van der Waals surface area contributed by atoms with Crippen LogP contribution in [0.5, 0.6) is 0 Å². The molecular formula is C11H10F3NO. The molecule has 0 saturated heterocycles. The standard InChI is InChI=1S/C11H10F3NO/c1-7-5-10(15-16-7)8-3-2-4-9(6-8)11(12,13)14/h2-4,6-7H,5H2,1H3. The molecular weight excluding hydrogens is 219 g/mol. The van der Waals surface area contributed by atoms with Gasteiger partial charge in [0.05, 0.1) is 11.3 Å². The molecule has 86 valence electrons. The molecule has 0 N–H and O–H groups in total. The average molecular weight is 229 g/mol. The molecule has 1 unspecified atom stereocenters. The van der Waals surface area contributed by atoms with Gasteiger partial charge in [-0.3, -0.25) is 0 Å². The highest BCUT2D eigenvalue weighted by Crippen LogP contribution is 2.30. The van der Waals surface area contributed by atoms with Crippen molar-refractivity contribution in [3.63, 3.8) is 0 Å². The third kappa shape index (κ3) is 2.18. The van der Waals surface area contributed by atoms with Gasteiger partial charge in [0.25, 0.3) is 0 Å². The number of alkyl halides is 3. The molecule has 1 heterocycles. The minimum atomic E-state index is -4.32. The van der Waals surface area contributed by atoms with E-state index in [1.165, 1.54) is 6.07 Å². The van der Waals surface area contributed by atoms with Gasteiger partial charge in [-0.2, -0.15) is 13.2 Å². The first kappa shape index (κ1) is 11.0.